The first-order chi connectivity index (χ1) is 9.50. The Morgan fingerprint density at radius 1 is 1.20 bits per heavy atom. The summed E-state index contributed by atoms with van der Waals surface area (Å²) in [5, 5.41) is 0. The molecule has 20 heavy (non-hydrogen) atoms. The van der Waals surface area contributed by atoms with Crippen molar-refractivity contribution in [2.24, 2.45) is 14.1 Å². The molecule has 0 aromatic carbocycles. The lowest BCUT2D eigenvalue weighted by Gasteiger charge is -1.98. The zero-order valence-electron chi connectivity index (χ0n) is 11.4. The molecule has 0 aliphatic rings. The molecule has 0 radical (unpaired) electrons. The average Bonchev–Trinajstić information content (AvgIpc) is 2.88. The van der Waals surface area contributed by atoms with Crippen molar-refractivity contribution in [3.05, 3.63) is 50.9 Å². The highest BCUT2D eigenvalue weighted by Crippen LogP contribution is 2.04. The third-order valence-electron chi connectivity index (χ3n) is 3.37. The van der Waals surface area contributed by atoms with Gasteiger partial charge < -0.3 is 0 Å². The van der Waals surface area contributed by atoms with E-state index in [0.717, 1.165) is 10.3 Å². The van der Waals surface area contributed by atoms with Gasteiger partial charge in [0, 0.05) is 14.1 Å². The highest BCUT2D eigenvalue weighted by molar-refractivity contribution is 5.70. The smallest absolute Gasteiger partial charge is 0.265 e. The van der Waals surface area contributed by atoms with Crippen LogP contribution in [0.25, 0.3) is 17.1 Å². The second-order valence-electron chi connectivity index (χ2n) is 4.68. The minimum Gasteiger partial charge on any atom is -0.265 e. The standard InChI is InChI=1S/C13H13N5O2/c1-8-6-4-5-7-18(8)12-14-9-10(15-12)16(2)13(20)17(3)11(9)19/h4-7H,1-3H3/p+1. The third-order valence-corrected chi connectivity index (χ3v) is 3.37. The van der Waals surface area contributed by atoms with Gasteiger partial charge in [-0.2, -0.15) is 0 Å². The minimum atomic E-state index is -0.393. The van der Waals surface area contributed by atoms with Gasteiger partial charge in [0.05, 0.1) is 11.9 Å². The van der Waals surface area contributed by atoms with E-state index in [2.05, 4.69) is 9.97 Å². The van der Waals surface area contributed by atoms with Crippen molar-refractivity contribution in [1.82, 2.24) is 19.1 Å². The fourth-order valence-corrected chi connectivity index (χ4v) is 2.19. The topological polar surface area (TPSA) is 76.6 Å². The van der Waals surface area contributed by atoms with Crippen molar-refractivity contribution < 1.29 is 4.57 Å². The van der Waals surface area contributed by atoms with E-state index < -0.39 is 5.69 Å². The summed E-state index contributed by atoms with van der Waals surface area (Å²) in [6.45, 7) is 1.93. The Morgan fingerprint density at radius 3 is 2.65 bits per heavy atom. The van der Waals surface area contributed by atoms with Crippen LogP contribution in [0.2, 0.25) is 0 Å². The van der Waals surface area contributed by atoms with Gasteiger partial charge >= 0.3 is 11.6 Å². The number of pyridine rings is 1. The summed E-state index contributed by atoms with van der Waals surface area (Å²) in [5.41, 5.74) is 0.865. The van der Waals surface area contributed by atoms with Gasteiger partial charge in [-0.25, -0.2) is 14.3 Å². The van der Waals surface area contributed by atoms with Crippen LogP contribution in [-0.2, 0) is 14.1 Å². The Kier molecular flexibility index (Phi) is 2.56. The maximum Gasteiger partial charge on any atom is 0.403 e. The molecule has 3 rings (SSSR count). The molecular formula is C13H14N5O2+. The molecule has 0 saturated heterocycles. The molecule has 0 aliphatic heterocycles. The first-order valence-electron chi connectivity index (χ1n) is 6.14. The number of aryl methyl sites for hydroxylation is 2. The van der Waals surface area contributed by atoms with E-state index in [4.69, 9.17) is 0 Å². The molecule has 3 aromatic rings. The lowest BCUT2D eigenvalue weighted by molar-refractivity contribution is -0.609. The highest BCUT2D eigenvalue weighted by atomic mass is 16.2. The number of hydrogen-bond donors (Lipinski definition) is 1. The van der Waals surface area contributed by atoms with Crippen molar-refractivity contribution >= 4 is 11.2 Å². The Labute approximate surface area is 113 Å². The van der Waals surface area contributed by atoms with Gasteiger partial charge in [0.1, 0.15) is 0 Å². The van der Waals surface area contributed by atoms with E-state index in [1.165, 1.54) is 11.6 Å². The maximum absolute atomic E-state index is 12.1. The number of imidazole rings is 1. The van der Waals surface area contributed by atoms with Crippen LogP contribution in [-0.4, -0.2) is 19.1 Å². The molecule has 7 nitrogen and oxygen atoms in total. The summed E-state index contributed by atoms with van der Waals surface area (Å²) in [6, 6.07) is 5.73. The molecule has 0 unspecified atom stereocenters. The normalized spacial score (nSPS) is 11.2. The molecule has 102 valence electrons. The summed E-state index contributed by atoms with van der Waals surface area (Å²) in [7, 11) is 3.04. The largest absolute Gasteiger partial charge is 0.403 e. The lowest BCUT2D eigenvalue weighted by Crippen LogP contribution is -2.36. The second-order valence-corrected chi connectivity index (χ2v) is 4.68. The predicted molar refractivity (Wildman–Crippen MR) is 72.8 cm³/mol. The number of fused-ring (bicyclic) bond motifs is 1. The fraction of sp³-hybridized carbons (Fsp3) is 0.231. The zero-order chi connectivity index (χ0) is 14.4. The second kappa shape index (κ2) is 4.16. The fourth-order valence-electron chi connectivity index (χ4n) is 2.19. The lowest BCUT2D eigenvalue weighted by atomic mass is 10.4. The van der Waals surface area contributed by atoms with Gasteiger partial charge in [-0.15, -0.1) is 0 Å². The van der Waals surface area contributed by atoms with Crippen molar-refractivity contribution in [2.75, 3.05) is 0 Å². The number of hydrogen-bond acceptors (Lipinski definition) is 3. The summed E-state index contributed by atoms with van der Waals surface area (Å²) in [4.78, 5) is 31.3. The van der Waals surface area contributed by atoms with Gasteiger partial charge in [0.25, 0.3) is 11.2 Å². The molecule has 0 spiro atoms. The van der Waals surface area contributed by atoms with E-state index in [1.54, 1.807) is 7.05 Å². The Hall–Kier alpha value is -2.70. The van der Waals surface area contributed by atoms with Crippen molar-refractivity contribution in [3.63, 3.8) is 0 Å². The molecule has 3 aromatic heterocycles. The first kappa shape index (κ1) is 12.3. The van der Waals surface area contributed by atoms with Crippen molar-refractivity contribution in [2.45, 2.75) is 6.92 Å². The quantitative estimate of drug-likeness (QED) is 0.609. The van der Waals surface area contributed by atoms with Gasteiger partial charge in [-0.3, -0.25) is 13.9 Å². The third kappa shape index (κ3) is 1.59. The molecule has 1 N–H and O–H groups in total. The molecule has 0 amide bonds. The molecule has 0 fully saturated rings. The molecule has 0 saturated carbocycles. The molecule has 0 bridgehead atoms. The Balaban J connectivity index is 2.41. The van der Waals surface area contributed by atoms with E-state index in [1.807, 2.05) is 35.9 Å². The number of nitrogens with one attached hydrogen (secondary N) is 1. The predicted octanol–water partition coefficient (Wildman–Crippen LogP) is -0.455. The van der Waals surface area contributed by atoms with Crippen LogP contribution < -0.4 is 15.8 Å². The van der Waals surface area contributed by atoms with E-state index in [9.17, 15) is 9.59 Å². The summed E-state index contributed by atoms with van der Waals surface area (Å²) in [5.74, 6) is 0.511. The van der Waals surface area contributed by atoms with Gasteiger partial charge in [0.2, 0.25) is 5.52 Å². The van der Waals surface area contributed by atoms with Crippen LogP contribution >= 0.6 is 0 Å². The molecule has 0 aliphatic carbocycles. The molecule has 3 heterocycles. The van der Waals surface area contributed by atoms with E-state index in [-0.39, 0.29) is 5.56 Å². The number of rotatable bonds is 1. The molecular weight excluding hydrogens is 258 g/mol. The monoisotopic (exact) mass is 272 g/mol. The van der Waals surface area contributed by atoms with Crippen LogP contribution in [0.3, 0.4) is 0 Å². The number of H-pyrrole nitrogens is 1. The van der Waals surface area contributed by atoms with Crippen LogP contribution in [0.1, 0.15) is 5.69 Å². The Bertz CT molecular complexity index is 932. The minimum absolute atomic E-state index is 0.320. The van der Waals surface area contributed by atoms with Crippen molar-refractivity contribution in [1.29, 1.82) is 0 Å². The van der Waals surface area contributed by atoms with Crippen LogP contribution in [0.5, 0.6) is 0 Å². The highest BCUT2D eigenvalue weighted by Gasteiger charge is 2.21. The number of nitrogens with zero attached hydrogens (tertiary/aromatic N) is 4. The molecule has 7 heteroatoms. The summed E-state index contributed by atoms with van der Waals surface area (Å²) < 4.78 is 4.24. The Morgan fingerprint density at radius 2 is 1.95 bits per heavy atom. The van der Waals surface area contributed by atoms with Crippen LogP contribution in [0, 0.1) is 6.92 Å². The number of aromatic nitrogens is 5. The maximum atomic E-state index is 12.1. The van der Waals surface area contributed by atoms with E-state index in [0.29, 0.717) is 17.1 Å². The summed E-state index contributed by atoms with van der Waals surface area (Å²) in [6.07, 6.45) is 1.84. The van der Waals surface area contributed by atoms with Gasteiger partial charge in [0.15, 0.2) is 0 Å². The summed E-state index contributed by atoms with van der Waals surface area (Å²) >= 11 is 0. The molecule has 0 atom stereocenters. The van der Waals surface area contributed by atoms with Gasteiger partial charge in [-0.1, -0.05) is 6.07 Å². The first-order valence-corrected chi connectivity index (χ1v) is 6.14. The number of aromatic amines is 1. The SMILES string of the molecule is Cc1cccc[n+]1-c1nc2c([nH]1)c(=O)n(C)c(=O)n2C. The van der Waals surface area contributed by atoms with E-state index >= 15 is 0 Å². The average molecular weight is 272 g/mol. The zero-order valence-corrected chi connectivity index (χ0v) is 11.4. The van der Waals surface area contributed by atoms with Crippen LogP contribution in [0.15, 0.2) is 34.0 Å². The van der Waals surface area contributed by atoms with Crippen molar-refractivity contribution in [3.8, 4) is 5.95 Å². The van der Waals surface area contributed by atoms with Gasteiger partial charge in [-0.05, 0) is 24.0 Å². The van der Waals surface area contributed by atoms with Crippen LogP contribution in [0.4, 0.5) is 0 Å².